The average Bonchev–Trinajstić information content (AvgIpc) is 1.88. The molecule has 1 aromatic carbocycles. The first kappa shape index (κ1) is 8.08. The second kappa shape index (κ2) is 3.39. The number of rotatable bonds is 1. The van der Waals surface area contributed by atoms with E-state index in [1.54, 1.807) is 17.8 Å². The van der Waals surface area contributed by atoms with Crippen molar-refractivity contribution in [3.8, 4) is 0 Å². The van der Waals surface area contributed by atoms with Crippen molar-refractivity contribution in [1.29, 1.82) is 0 Å². The maximum atomic E-state index is 12.4. The van der Waals surface area contributed by atoms with E-state index in [1.165, 1.54) is 12.1 Å². The number of hydrogen-bond acceptors (Lipinski definition) is 1. The van der Waals surface area contributed by atoms with E-state index in [4.69, 9.17) is 0 Å². The molecule has 0 nitrogen and oxygen atoms in total. The molecule has 0 radical (unpaired) electrons. The van der Waals surface area contributed by atoms with Gasteiger partial charge in [0.05, 0.1) is 0 Å². The topological polar surface area (TPSA) is 0 Å². The molecule has 0 fully saturated rings. The van der Waals surface area contributed by atoms with E-state index >= 15 is 0 Å². The summed E-state index contributed by atoms with van der Waals surface area (Å²) in [7, 11) is 0. The smallest absolute Gasteiger partial charge is 0.124 e. The molecule has 0 saturated carbocycles. The van der Waals surface area contributed by atoms with Gasteiger partial charge in [-0.05, 0) is 40.4 Å². The quantitative estimate of drug-likeness (QED) is 0.655. The molecule has 0 spiro atoms. The standard InChI is InChI=1S/C7H6BrFS/c1-10-7-3-2-5(9)4-6(7)8/h2-4H,1H3. The molecule has 10 heavy (non-hydrogen) atoms. The van der Waals surface area contributed by atoms with E-state index in [0.717, 1.165) is 9.37 Å². The van der Waals surface area contributed by atoms with Gasteiger partial charge in [-0.3, -0.25) is 0 Å². The van der Waals surface area contributed by atoms with Crippen molar-refractivity contribution in [3.05, 3.63) is 28.5 Å². The summed E-state index contributed by atoms with van der Waals surface area (Å²) in [6.45, 7) is 0. The first-order valence-corrected chi connectivity index (χ1v) is 4.75. The predicted molar refractivity (Wildman–Crippen MR) is 45.9 cm³/mol. The van der Waals surface area contributed by atoms with Crippen molar-refractivity contribution >= 4 is 27.7 Å². The molecule has 0 atom stereocenters. The molecular formula is C7H6BrFS. The van der Waals surface area contributed by atoms with Crippen molar-refractivity contribution in [2.75, 3.05) is 6.26 Å². The van der Waals surface area contributed by atoms with Crippen molar-refractivity contribution in [2.24, 2.45) is 0 Å². The largest absolute Gasteiger partial charge is 0.207 e. The van der Waals surface area contributed by atoms with Crippen LogP contribution in [0, 0.1) is 5.82 Å². The molecule has 1 aromatic rings. The summed E-state index contributed by atoms with van der Waals surface area (Å²) >= 11 is 4.84. The molecule has 54 valence electrons. The summed E-state index contributed by atoms with van der Waals surface area (Å²) in [5, 5.41) is 0. The van der Waals surface area contributed by atoms with Crippen molar-refractivity contribution in [1.82, 2.24) is 0 Å². The van der Waals surface area contributed by atoms with Crippen LogP contribution in [0.25, 0.3) is 0 Å². The summed E-state index contributed by atoms with van der Waals surface area (Å²) in [4.78, 5) is 1.06. The maximum absolute atomic E-state index is 12.4. The second-order valence-corrected chi connectivity index (χ2v) is 3.48. The summed E-state index contributed by atoms with van der Waals surface area (Å²) in [6, 6.07) is 4.67. The Bertz CT molecular complexity index is 237. The first-order chi connectivity index (χ1) is 4.74. The number of thioether (sulfide) groups is 1. The van der Waals surface area contributed by atoms with Gasteiger partial charge >= 0.3 is 0 Å². The zero-order valence-electron chi connectivity index (χ0n) is 5.40. The monoisotopic (exact) mass is 220 g/mol. The van der Waals surface area contributed by atoms with E-state index in [2.05, 4.69) is 15.9 Å². The zero-order valence-corrected chi connectivity index (χ0v) is 7.80. The van der Waals surface area contributed by atoms with E-state index in [-0.39, 0.29) is 5.82 Å². The maximum Gasteiger partial charge on any atom is 0.124 e. The van der Waals surface area contributed by atoms with Gasteiger partial charge < -0.3 is 0 Å². The van der Waals surface area contributed by atoms with E-state index < -0.39 is 0 Å². The van der Waals surface area contributed by atoms with Crippen LogP contribution in [0.2, 0.25) is 0 Å². The van der Waals surface area contributed by atoms with Gasteiger partial charge in [0.2, 0.25) is 0 Å². The fourth-order valence-corrected chi connectivity index (χ4v) is 1.94. The Kier molecular flexibility index (Phi) is 2.74. The van der Waals surface area contributed by atoms with Crippen LogP contribution in [-0.2, 0) is 0 Å². The Balaban J connectivity index is 3.07. The highest BCUT2D eigenvalue weighted by atomic mass is 79.9. The molecule has 0 aliphatic carbocycles. The minimum atomic E-state index is -0.204. The molecule has 0 heterocycles. The van der Waals surface area contributed by atoms with Crippen molar-refractivity contribution in [2.45, 2.75) is 4.90 Å². The van der Waals surface area contributed by atoms with Gasteiger partial charge in [-0.1, -0.05) is 0 Å². The summed E-state index contributed by atoms with van der Waals surface area (Å²) in [6.07, 6.45) is 1.96. The third-order valence-electron chi connectivity index (χ3n) is 1.11. The van der Waals surface area contributed by atoms with Gasteiger partial charge in [0, 0.05) is 9.37 Å². The van der Waals surface area contributed by atoms with Crippen LogP contribution in [0.1, 0.15) is 0 Å². The normalized spacial score (nSPS) is 9.90. The Morgan fingerprint density at radius 1 is 1.50 bits per heavy atom. The third-order valence-corrected chi connectivity index (χ3v) is 2.83. The van der Waals surface area contributed by atoms with Crippen LogP contribution in [0.15, 0.2) is 27.6 Å². The fraction of sp³-hybridized carbons (Fsp3) is 0.143. The van der Waals surface area contributed by atoms with Crippen LogP contribution < -0.4 is 0 Å². The highest BCUT2D eigenvalue weighted by Crippen LogP contribution is 2.25. The SMILES string of the molecule is CSc1ccc(F)cc1Br. The average molecular weight is 221 g/mol. The predicted octanol–water partition coefficient (Wildman–Crippen LogP) is 3.31. The first-order valence-electron chi connectivity index (χ1n) is 2.73. The lowest BCUT2D eigenvalue weighted by molar-refractivity contribution is 0.625. The van der Waals surface area contributed by atoms with Gasteiger partial charge in [-0.25, -0.2) is 4.39 Å². The molecule has 0 aliphatic heterocycles. The molecule has 0 saturated heterocycles. The lowest BCUT2D eigenvalue weighted by atomic mass is 10.3. The summed E-state index contributed by atoms with van der Waals surface area (Å²) in [5.41, 5.74) is 0. The molecule has 0 amide bonds. The van der Waals surface area contributed by atoms with Gasteiger partial charge in [0.15, 0.2) is 0 Å². The van der Waals surface area contributed by atoms with Crippen LogP contribution in [0.3, 0.4) is 0 Å². The zero-order chi connectivity index (χ0) is 7.56. The number of halogens is 2. The Labute approximate surface area is 72.0 Å². The molecular weight excluding hydrogens is 215 g/mol. The minimum Gasteiger partial charge on any atom is -0.207 e. The van der Waals surface area contributed by atoms with E-state index in [1.807, 2.05) is 6.26 Å². The number of benzene rings is 1. The van der Waals surface area contributed by atoms with Gasteiger partial charge in [-0.2, -0.15) is 0 Å². The van der Waals surface area contributed by atoms with Crippen molar-refractivity contribution in [3.63, 3.8) is 0 Å². The van der Waals surface area contributed by atoms with E-state index in [0.29, 0.717) is 0 Å². The van der Waals surface area contributed by atoms with Gasteiger partial charge in [-0.15, -0.1) is 11.8 Å². The van der Waals surface area contributed by atoms with Gasteiger partial charge in [0.1, 0.15) is 5.82 Å². The third kappa shape index (κ3) is 1.73. The highest BCUT2D eigenvalue weighted by molar-refractivity contribution is 9.10. The highest BCUT2D eigenvalue weighted by Gasteiger charge is 1.97. The van der Waals surface area contributed by atoms with Gasteiger partial charge in [0.25, 0.3) is 0 Å². The molecule has 3 heteroatoms. The van der Waals surface area contributed by atoms with E-state index in [9.17, 15) is 4.39 Å². The molecule has 0 aliphatic rings. The van der Waals surface area contributed by atoms with Crippen LogP contribution in [0.4, 0.5) is 4.39 Å². The molecule has 0 N–H and O–H groups in total. The van der Waals surface area contributed by atoms with Crippen LogP contribution in [0.5, 0.6) is 0 Å². The summed E-state index contributed by atoms with van der Waals surface area (Å²) in [5.74, 6) is -0.204. The number of hydrogen-bond donors (Lipinski definition) is 0. The van der Waals surface area contributed by atoms with Crippen molar-refractivity contribution < 1.29 is 4.39 Å². The molecule has 0 bridgehead atoms. The summed E-state index contributed by atoms with van der Waals surface area (Å²) < 4.78 is 13.3. The van der Waals surface area contributed by atoms with Crippen LogP contribution in [-0.4, -0.2) is 6.26 Å². The Morgan fingerprint density at radius 2 is 2.20 bits per heavy atom. The lowest BCUT2D eigenvalue weighted by Crippen LogP contribution is -1.75. The van der Waals surface area contributed by atoms with Crippen LogP contribution >= 0.6 is 27.7 Å². The lowest BCUT2D eigenvalue weighted by Gasteiger charge is -1.98. The Hall–Kier alpha value is -0.0200. The molecule has 0 aromatic heterocycles. The molecule has 1 rings (SSSR count). The minimum absolute atomic E-state index is 0.204. The second-order valence-electron chi connectivity index (χ2n) is 1.78. The molecule has 0 unspecified atom stereocenters. The fourth-order valence-electron chi connectivity index (χ4n) is 0.641. The Morgan fingerprint density at radius 3 is 2.70 bits per heavy atom.